The summed E-state index contributed by atoms with van der Waals surface area (Å²) >= 11 is 0. The lowest BCUT2D eigenvalue weighted by Gasteiger charge is -2.08. The fourth-order valence-corrected chi connectivity index (χ4v) is 2.36. The largest absolute Gasteiger partial charge is 0.377 e. The molecule has 0 bridgehead atoms. The van der Waals surface area contributed by atoms with E-state index in [0.29, 0.717) is 99.1 Å². The molecule has 0 heterocycles. The van der Waals surface area contributed by atoms with Crippen molar-refractivity contribution in [2.24, 2.45) is 0 Å². The molecular formula is C23H39FO8. The third-order valence-corrected chi connectivity index (χ3v) is 3.94. The second-order valence-electron chi connectivity index (χ2n) is 6.51. The number of hydrogen-bond acceptors (Lipinski definition) is 8. The van der Waals surface area contributed by atoms with Gasteiger partial charge in [-0.25, -0.2) is 4.39 Å². The number of rotatable bonds is 25. The average molecular weight is 463 g/mol. The lowest BCUT2D eigenvalue weighted by Crippen LogP contribution is -2.15. The van der Waals surface area contributed by atoms with Crippen molar-refractivity contribution in [2.45, 2.75) is 6.61 Å². The van der Waals surface area contributed by atoms with Gasteiger partial charge >= 0.3 is 0 Å². The molecular weight excluding hydrogens is 423 g/mol. The minimum atomic E-state index is -0.468. The Balaban J connectivity index is 1.64. The molecule has 0 spiro atoms. The molecule has 0 aliphatic rings. The summed E-state index contributed by atoms with van der Waals surface area (Å²) in [7, 11) is 0. The number of alkyl halides is 1. The molecule has 0 aliphatic carbocycles. The molecule has 0 aromatic heterocycles. The average Bonchev–Trinajstić information content (AvgIpc) is 2.82. The van der Waals surface area contributed by atoms with Crippen LogP contribution in [0, 0.1) is 0 Å². The molecule has 9 heteroatoms. The summed E-state index contributed by atoms with van der Waals surface area (Å²) in [4.78, 5) is 0. The van der Waals surface area contributed by atoms with Crippen LogP contribution in [0.1, 0.15) is 5.56 Å². The Morgan fingerprint density at radius 1 is 0.406 bits per heavy atom. The third-order valence-electron chi connectivity index (χ3n) is 3.94. The van der Waals surface area contributed by atoms with Crippen LogP contribution in [-0.4, -0.2) is 106 Å². The van der Waals surface area contributed by atoms with Crippen molar-refractivity contribution in [3.63, 3.8) is 0 Å². The fraction of sp³-hybridized carbons (Fsp3) is 0.739. The van der Waals surface area contributed by atoms with Gasteiger partial charge in [-0.15, -0.1) is 0 Å². The smallest absolute Gasteiger partial charge is 0.113 e. The first-order valence-corrected chi connectivity index (χ1v) is 11.2. The van der Waals surface area contributed by atoms with Gasteiger partial charge in [-0.3, -0.25) is 0 Å². The molecule has 0 atom stereocenters. The molecule has 1 aromatic rings. The Bertz CT molecular complexity index is 480. The number of benzene rings is 1. The summed E-state index contributed by atoms with van der Waals surface area (Å²) in [5.41, 5.74) is 1.16. The second kappa shape index (κ2) is 24.5. The van der Waals surface area contributed by atoms with E-state index >= 15 is 0 Å². The highest BCUT2D eigenvalue weighted by Gasteiger charge is 1.95. The number of halogens is 1. The molecule has 186 valence electrons. The van der Waals surface area contributed by atoms with Gasteiger partial charge in [-0.2, -0.15) is 0 Å². The first kappa shape index (κ1) is 28.9. The fourth-order valence-electron chi connectivity index (χ4n) is 2.36. The third kappa shape index (κ3) is 20.7. The molecule has 0 amide bonds. The van der Waals surface area contributed by atoms with Gasteiger partial charge in [0.25, 0.3) is 0 Å². The van der Waals surface area contributed by atoms with E-state index in [1.807, 2.05) is 30.3 Å². The molecule has 1 rings (SSSR count). The molecule has 0 saturated heterocycles. The van der Waals surface area contributed by atoms with Gasteiger partial charge in [-0.1, -0.05) is 30.3 Å². The highest BCUT2D eigenvalue weighted by Crippen LogP contribution is 1.99. The van der Waals surface area contributed by atoms with Crippen LogP contribution in [0.4, 0.5) is 4.39 Å². The monoisotopic (exact) mass is 462 g/mol. The van der Waals surface area contributed by atoms with Crippen LogP contribution < -0.4 is 0 Å². The van der Waals surface area contributed by atoms with Crippen molar-refractivity contribution in [1.82, 2.24) is 0 Å². The van der Waals surface area contributed by atoms with Gasteiger partial charge in [0.1, 0.15) is 6.67 Å². The van der Waals surface area contributed by atoms with Gasteiger partial charge < -0.3 is 37.9 Å². The van der Waals surface area contributed by atoms with E-state index in [2.05, 4.69) is 0 Å². The van der Waals surface area contributed by atoms with Gasteiger partial charge in [0.05, 0.1) is 106 Å². The number of ether oxygens (including phenoxy) is 8. The van der Waals surface area contributed by atoms with E-state index in [0.717, 1.165) is 5.56 Å². The minimum Gasteiger partial charge on any atom is -0.377 e. The molecule has 0 fully saturated rings. The quantitative estimate of drug-likeness (QED) is 0.205. The summed E-state index contributed by atoms with van der Waals surface area (Å²) < 4.78 is 54.6. The van der Waals surface area contributed by atoms with Gasteiger partial charge in [0, 0.05) is 0 Å². The Morgan fingerprint density at radius 2 is 0.719 bits per heavy atom. The Morgan fingerprint density at radius 3 is 1.06 bits per heavy atom. The van der Waals surface area contributed by atoms with Crippen molar-refractivity contribution in [2.75, 3.05) is 106 Å². The molecule has 0 radical (unpaired) electrons. The highest BCUT2D eigenvalue weighted by molar-refractivity contribution is 5.13. The Hall–Kier alpha value is -1.17. The van der Waals surface area contributed by atoms with Crippen molar-refractivity contribution >= 4 is 0 Å². The molecule has 0 aliphatic heterocycles. The van der Waals surface area contributed by atoms with Crippen molar-refractivity contribution in [1.29, 1.82) is 0 Å². The maximum atomic E-state index is 11.8. The van der Waals surface area contributed by atoms with E-state index in [-0.39, 0.29) is 6.61 Å². The summed E-state index contributed by atoms with van der Waals surface area (Å²) in [6, 6.07) is 10.1. The summed E-state index contributed by atoms with van der Waals surface area (Å²) in [6.45, 7) is 7.33. The maximum Gasteiger partial charge on any atom is 0.113 e. The van der Waals surface area contributed by atoms with E-state index in [1.54, 1.807) is 0 Å². The van der Waals surface area contributed by atoms with Crippen LogP contribution in [-0.2, 0) is 44.5 Å². The first-order valence-electron chi connectivity index (χ1n) is 11.2. The van der Waals surface area contributed by atoms with Crippen LogP contribution in [0.3, 0.4) is 0 Å². The number of hydrogen-bond donors (Lipinski definition) is 0. The van der Waals surface area contributed by atoms with E-state index in [9.17, 15) is 4.39 Å². The van der Waals surface area contributed by atoms with Crippen molar-refractivity contribution in [3.05, 3.63) is 35.9 Å². The minimum absolute atomic E-state index is 0.120. The van der Waals surface area contributed by atoms with Crippen LogP contribution in [0.2, 0.25) is 0 Å². The second-order valence-corrected chi connectivity index (χ2v) is 6.51. The zero-order valence-electron chi connectivity index (χ0n) is 19.1. The lowest BCUT2D eigenvalue weighted by atomic mass is 10.2. The summed E-state index contributed by atoms with van der Waals surface area (Å²) in [5.74, 6) is 0. The van der Waals surface area contributed by atoms with Gasteiger partial charge in [0.15, 0.2) is 0 Å². The lowest BCUT2D eigenvalue weighted by molar-refractivity contribution is -0.0237. The van der Waals surface area contributed by atoms with Gasteiger partial charge in [-0.05, 0) is 5.56 Å². The maximum absolute atomic E-state index is 11.8. The molecule has 1 aromatic carbocycles. The standard InChI is InChI=1S/C23H39FO8/c24-6-7-25-8-9-26-10-11-27-12-13-28-14-15-29-16-17-30-18-19-31-20-21-32-22-23-4-2-1-3-5-23/h1-5H,6-22H2. The molecule has 0 unspecified atom stereocenters. The van der Waals surface area contributed by atoms with E-state index in [4.69, 9.17) is 37.9 Å². The van der Waals surface area contributed by atoms with Crippen LogP contribution in [0.25, 0.3) is 0 Å². The van der Waals surface area contributed by atoms with Crippen molar-refractivity contribution in [3.8, 4) is 0 Å². The van der Waals surface area contributed by atoms with E-state index in [1.165, 1.54) is 0 Å². The van der Waals surface area contributed by atoms with Crippen LogP contribution in [0.15, 0.2) is 30.3 Å². The zero-order chi connectivity index (χ0) is 22.8. The highest BCUT2D eigenvalue weighted by atomic mass is 19.1. The summed E-state index contributed by atoms with van der Waals surface area (Å²) in [6.07, 6.45) is 0. The SMILES string of the molecule is FCCOCCOCCOCCOCCOCCOCCOCCOCc1ccccc1. The normalized spacial score (nSPS) is 11.3. The Labute approximate surface area is 191 Å². The first-order chi connectivity index (χ1) is 15.9. The van der Waals surface area contributed by atoms with Crippen molar-refractivity contribution < 1.29 is 42.3 Å². The predicted molar refractivity (Wildman–Crippen MR) is 118 cm³/mol. The van der Waals surface area contributed by atoms with E-state index < -0.39 is 6.67 Å². The van der Waals surface area contributed by atoms with Crippen LogP contribution in [0.5, 0.6) is 0 Å². The summed E-state index contributed by atoms with van der Waals surface area (Å²) in [5, 5.41) is 0. The molecule has 0 N–H and O–H groups in total. The molecule has 8 nitrogen and oxygen atoms in total. The van der Waals surface area contributed by atoms with Gasteiger partial charge in [0.2, 0.25) is 0 Å². The van der Waals surface area contributed by atoms with Crippen LogP contribution >= 0.6 is 0 Å². The molecule has 32 heavy (non-hydrogen) atoms. The zero-order valence-corrected chi connectivity index (χ0v) is 19.1. The molecule has 0 saturated carbocycles. The predicted octanol–water partition coefficient (Wildman–Crippen LogP) is 2.29. The topological polar surface area (TPSA) is 73.8 Å². The Kier molecular flexibility index (Phi) is 22.1.